The van der Waals surface area contributed by atoms with Crippen LogP contribution in [0.3, 0.4) is 0 Å². The third-order valence-electron chi connectivity index (χ3n) is 5.93. The van der Waals surface area contributed by atoms with Gasteiger partial charge in [-0.15, -0.1) is 10.2 Å². The number of carbonyl (C=O) groups is 1. The number of imidazole rings is 1. The molecular formula is C26H24FN7O3. The van der Waals surface area contributed by atoms with Gasteiger partial charge in [-0.25, -0.2) is 19.2 Å². The SMILES string of the molecule is COCc1nnc(-c2cc(C)c3ncc(-c4ccc(NC(=O)OC)nc4)n3c2)n1-c1ccc(F)c(C)c1. The molecule has 5 rings (SSSR count). The highest BCUT2D eigenvalue weighted by Crippen LogP contribution is 2.29. The Balaban J connectivity index is 1.62. The molecule has 0 aliphatic heterocycles. The summed E-state index contributed by atoms with van der Waals surface area (Å²) in [6.07, 6.45) is 4.75. The van der Waals surface area contributed by atoms with Crippen LogP contribution in [0, 0.1) is 19.7 Å². The second kappa shape index (κ2) is 9.78. The minimum Gasteiger partial charge on any atom is -0.453 e. The molecule has 0 spiro atoms. The molecule has 0 aliphatic carbocycles. The van der Waals surface area contributed by atoms with Gasteiger partial charge in [0.05, 0.1) is 19.0 Å². The van der Waals surface area contributed by atoms with E-state index in [0.29, 0.717) is 23.0 Å². The fourth-order valence-corrected chi connectivity index (χ4v) is 4.13. The van der Waals surface area contributed by atoms with Crippen LogP contribution in [0.1, 0.15) is 17.0 Å². The number of aromatic nitrogens is 6. The number of aryl methyl sites for hydroxylation is 2. The number of nitrogens with zero attached hydrogens (tertiary/aromatic N) is 6. The van der Waals surface area contributed by atoms with Crippen molar-refractivity contribution in [3.05, 3.63) is 77.8 Å². The van der Waals surface area contributed by atoms with Crippen LogP contribution in [0.4, 0.5) is 15.0 Å². The molecule has 4 aromatic heterocycles. The molecule has 37 heavy (non-hydrogen) atoms. The normalized spacial score (nSPS) is 11.2. The van der Waals surface area contributed by atoms with Gasteiger partial charge in [-0.1, -0.05) is 0 Å². The van der Waals surface area contributed by atoms with Crippen molar-refractivity contribution in [2.24, 2.45) is 0 Å². The molecule has 0 fully saturated rings. The van der Waals surface area contributed by atoms with Crippen LogP contribution in [0.2, 0.25) is 0 Å². The lowest BCUT2D eigenvalue weighted by molar-refractivity contribution is 0.176. The van der Waals surface area contributed by atoms with E-state index >= 15 is 0 Å². The van der Waals surface area contributed by atoms with Gasteiger partial charge in [0.2, 0.25) is 0 Å². The van der Waals surface area contributed by atoms with Gasteiger partial charge in [-0.2, -0.15) is 0 Å². The predicted octanol–water partition coefficient (Wildman–Crippen LogP) is 4.72. The summed E-state index contributed by atoms with van der Waals surface area (Å²) in [5.41, 5.74) is 5.34. The minimum absolute atomic E-state index is 0.235. The molecule has 0 radical (unpaired) electrons. The van der Waals surface area contributed by atoms with E-state index in [1.54, 1.807) is 44.6 Å². The van der Waals surface area contributed by atoms with Crippen molar-refractivity contribution >= 4 is 17.6 Å². The highest BCUT2D eigenvalue weighted by molar-refractivity contribution is 5.83. The summed E-state index contributed by atoms with van der Waals surface area (Å²) in [6.45, 7) is 3.92. The van der Waals surface area contributed by atoms with Crippen LogP contribution in [-0.4, -0.2) is 49.4 Å². The summed E-state index contributed by atoms with van der Waals surface area (Å²) in [6, 6.07) is 10.4. The second-order valence-corrected chi connectivity index (χ2v) is 8.44. The van der Waals surface area contributed by atoms with Gasteiger partial charge in [0, 0.05) is 36.3 Å². The lowest BCUT2D eigenvalue weighted by Gasteiger charge is -2.13. The Labute approximate surface area is 211 Å². The third-order valence-corrected chi connectivity index (χ3v) is 5.93. The molecule has 11 heteroatoms. The van der Waals surface area contributed by atoms with Crippen molar-refractivity contribution < 1.29 is 18.7 Å². The maximum atomic E-state index is 14.0. The molecule has 10 nitrogen and oxygen atoms in total. The van der Waals surface area contributed by atoms with E-state index in [0.717, 1.165) is 33.7 Å². The molecule has 0 atom stereocenters. The number of hydrogen-bond donors (Lipinski definition) is 1. The quantitative estimate of drug-likeness (QED) is 0.358. The van der Waals surface area contributed by atoms with Gasteiger partial charge in [-0.05, 0) is 61.4 Å². The number of halogens is 1. The molecule has 188 valence electrons. The van der Waals surface area contributed by atoms with Gasteiger partial charge < -0.3 is 9.47 Å². The summed E-state index contributed by atoms with van der Waals surface area (Å²) in [5, 5.41) is 11.3. The number of hydrogen-bond acceptors (Lipinski definition) is 7. The maximum Gasteiger partial charge on any atom is 0.412 e. The maximum absolute atomic E-state index is 14.0. The van der Waals surface area contributed by atoms with Crippen molar-refractivity contribution in [2.45, 2.75) is 20.5 Å². The number of ether oxygens (including phenoxy) is 2. The van der Waals surface area contributed by atoms with Gasteiger partial charge >= 0.3 is 6.09 Å². The van der Waals surface area contributed by atoms with Crippen LogP contribution < -0.4 is 5.32 Å². The number of amides is 1. The van der Waals surface area contributed by atoms with Gasteiger partial charge in [0.1, 0.15) is 23.9 Å². The summed E-state index contributed by atoms with van der Waals surface area (Å²) in [4.78, 5) is 20.4. The van der Waals surface area contributed by atoms with E-state index < -0.39 is 6.09 Å². The number of pyridine rings is 2. The second-order valence-electron chi connectivity index (χ2n) is 8.44. The monoisotopic (exact) mass is 501 g/mol. The third kappa shape index (κ3) is 4.52. The number of nitrogens with one attached hydrogen (secondary N) is 1. The summed E-state index contributed by atoms with van der Waals surface area (Å²) >= 11 is 0. The zero-order chi connectivity index (χ0) is 26.1. The van der Waals surface area contributed by atoms with Crippen molar-refractivity contribution in [3.63, 3.8) is 0 Å². The van der Waals surface area contributed by atoms with Crippen molar-refractivity contribution in [1.82, 2.24) is 29.1 Å². The van der Waals surface area contributed by atoms with Crippen molar-refractivity contribution in [3.8, 4) is 28.3 Å². The Morgan fingerprint density at radius 1 is 1.00 bits per heavy atom. The zero-order valence-corrected chi connectivity index (χ0v) is 20.7. The smallest absolute Gasteiger partial charge is 0.412 e. The number of fused-ring (bicyclic) bond motifs is 1. The Kier molecular flexibility index (Phi) is 6.36. The number of anilines is 1. The summed E-state index contributed by atoms with van der Waals surface area (Å²) < 4.78 is 27.8. The molecule has 4 heterocycles. The van der Waals surface area contributed by atoms with E-state index in [2.05, 4.69) is 30.2 Å². The lowest BCUT2D eigenvalue weighted by atomic mass is 10.1. The van der Waals surface area contributed by atoms with E-state index in [1.807, 2.05) is 34.2 Å². The Morgan fingerprint density at radius 3 is 2.54 bits per heavy atom. The number of methoxy groups -OCH3 is 2. The first kappa shape index (κ1) is 24.1. The van der Waals surface area contributed by atoms with Crippen LogP contribution in [0.5, 0.6) is 0 Å². The fourth-order valence-electron chi connectivity index (χ4n) is 4.13. The molecule has 0 saturated carbocycles. The molecule has 1 aromatic carbocycles. The first-order chi connectivity index (χ1) is 17.9. The average molecular weight is 502 g/mol. The van der Waals surface area contributed by atoms with Crippen LogP contribution in [-0.2, 0) is 16.1 Å². The first-order valence-electron chi connectivity index (χ1n) is 11.4. The topological polar surface area (TPSA) is 108 Å². The molecule has 0 aliphatic rings. The Hall–Kier alpha value is -4.64. The number of rotatable bonds is 6. The minimum atomic E-state index is -0.594. The summed E-state index contributed by atoms with van der Waals surface area (Å²) in [7, 11) is 2.88. The molecule has 5 aromatic rings. The van der Waals surface area contributed by atoms with E-state index in [9.17, 15) is 9.18 Å². The first-order valence-corrected chi connectivity index (χ1v) is 11.4. The number of benzene rings is 1. The van der Waals surface area contributed by atoms with E-state index in [4.69, 9.17) is 4.74 Å². The van der Waals surface area contributed by atoms with E-state index in [1.165, 1.54) is 13.2 Å². The highest BCUT2D eigenvalue weighted by Gasteiger charge is 2.19. The van der Waals surface area contributed by atoms with Crippen LogP contribution in [0.15, 0.2) is 55.0 Å². The largest absolute Gasteiger partial charge is 0.453 e. The molecule has 0 unspecified atom stereocenters. The average Bonchev–Trinajstić information content (AvgIpc) is 3.51. The fraction of sp³-hybridized carbons (Fsp3) is 0.192. The Morgan fingerprint density at radius 2 is 1.84 bits per heavy atom. The van der Waals surface area contributed by atoms with E-state index in [-0.39, 0.29) is 12.4 Å². The molecule has 1 N–H and O–H groups in total. The Bertz CT molecular complexity index is 1610. The number of carbonyl (C=O) groups excluding carboxylic acids is 1. The van der Waals surface area contributed by atoms with Crippen molar-refractivity contribution in [1.29, 1.82) is 0 Å². The van der Waals surface area contributed by atoms with Crippen LogP contribution >= 0.6 is 0 Å². The van der Waals surface area contributed by atoms with Gasteiger partial charge in [0.15, 0.2) is 11.6 Å². The standard InChI is InChI=1S/C26H24FN7O3/c1-15-10-19(6-7-20(15)27)34-23(14-36-3)31-32-25(34)18-9-16(2)24-29-12-21(33(24)13-18)17-5-8-22(28-11-17)30-26(35)37-4/h5-13H,14H2,1-4H3,(H,28,30,35). The van der Waals surface area contributed by atoms with Gasteiger partial charge in [-0.3, -0.25) is 14.3 Å². The zero-order valence-electron chi connectivity index (χ0n) is 20.7. The van der Waals surface area contributed by atoms with Crippen LogP contribution in [0.25, 0.3) is 34.0 Å². The molecule has 0 saturated heterocycles. The molecular weight excluding hydrogens is 477 g/mol. The highest BCUT2D eigenvalue weighted by atomic mass is 19.1. The van der Waals surface area contributed by atoms with Gasteiger partial charge in [0.25, 0.3) is 0 Å². The molecule has 0 bridgehead atoms. The lowest BCUT2D eigenvalue weighted by Crippen LogP contribution is -2.11. The summed E-state index contributed by atoms with van der Waals surface area (Å²) in [5.74, 6) is 1.26. The molecule has 1 amide bonds. The van der Waals surface area contributed by atoms with Crippen molar-refractivity contribution in [2.75, 3.05) is 19.5 Å². The predicted molar refractivity (Wildman–Crippen MR) is 135 cm³/mol.